The van der Waals surface area contributed by atoms with Gasteiger partial charge in [-0.05, 0) is 43.3 Å². The van der Waals surface area contributed by atoms with Crippen LogP contribution in [0, 0.1) is 0 Å². The quantitative estimate of drug-likeness (QED) is 0.647. The van der Waals surface area contributed by atoms with Crippen molar-refractivity contribution < 1.29 is 18.6 Å². The van der Waals surface area contributed by atoms with Gasteiger partial charge in [-0.1, -0.05) is 12.1 Å². The van der Waals surface area contributed by atoms with Crippen molar-refractivity contribution in [3.8, 4) is 28.7 Å². The molecule has 0 aliphatic heterocycles. The maximum absolute atomic E-state index is 5.79. The molecule has 24 heavy (non-hydrogen) atoms. The Balaban J connectivity index is 1.68. The van der Waals surface area contributed by atoms with Crippen LogP contribution in [-0.4, -0.2) is 18.7 Å². The van der Waals surface area contributed by atoms with Crippen molar-refractivity contribution in [3.63, 3.8) is 0 Å². The van der Waals surface area contributed by atoms with E-state index in [2.05, 4.69) is 4.98 Å². The van der Waals surface area contributed by atoms with E-state index in [1.807, 2.05) is 55.5 Å². The van der Waals surface area contributed by atoms with E-state index in [9.17, 15) is 0 Å². The summed E-state index contributed by atoms with van der Waals surface area (Å²) >= 11 is 0. The third-order valence-electron chi connectivity index (χ3n) is 3.41. The minimum absolute atomic E-state index is 0.309. The van der Waals surface area contributed by atoms with Gasteiger partial charge in [-0.3, -0.25) is 0 Å². The number of ether oxygens (including phenoxy) is 3. The van der Waals surface area contributed by atoms with Crippen molar-refractivity contribution >= 4 is 0 Å². The van der Waals surface area contributed by atoms with E-state index in [0.29, 0.717) is 30.5 Å². The molecule has 5 nitrogen and oxygen atoms in total. The summed E-state index contributed by atoms with van der Waals surface area (Å²) in [6.45, 7) is 2.84. The van der Waals surface area contributed by atoms with Gasteiger partial charge in [0.25, 0.3) is 0 Å². The van der Waals surface area contributed by atoms with Crippen molar-refractivity contribution in [3.05, 3.63) is 60.5 Å². The maximum Gasteiger partial charge on any atom is 0.226 e. The Hall–Kier alpha value is -2.95. The zero-order valence-electron chi connectivity index (χ0n) is 13.7. The molecule has 124 valence electrons. The van der Waals surface area contributed by atoms with Gasteiger partial charge in [-0.15, -0.1) is 0 Å². The van der Waals surface area contributed by atoms with E-state index in [-0.39, 0.29) is 0 Å². The third-order valence-corrected chi connectivity index (χ3v) is 3.41. The molecule has 1 heterocycles. The average Bonchev–Trinajstić information content (AvgIpc) is 3.10. The normalized spacial score (nSPS) is 10.4. The molecule has 0 saturated carbocycles. The second-order valence-electron chi connectivity index (χ2n) is 5.04. The first-order valence-electron chi connectivity index (χ1n) is 7.73. The SMILES string of the molecule is CCOc1ccccc1OCc1coc(-c2ccc(OC)cc2)n1. The number of aromatic nitrogens is 1. The van der Waals surface area contributed by atoms with Gasteiger partial charge in [0.1, 0.15) is 24.3 Å². The van der Waals surface area contributed by atoms with Crippen LogP contribution in [0.2, 0.25) is 0 Å². The molecule has 5 heteroatoms. The molecule has 1 aromatic heterocycles. The minimum Gasteiger partial charge on any atom is -0.497 e. The van der Waals surface area contributed by atoms with Crippen LogP contribution >= 0.6 is 0 Å². The van der Waals surface area contributed by atoms with Gasteiger partial charge in [-0.25, -0.2) is 4.98 Å². The molecule has 0 spiro atoms. The summed E-state index contributed by atoms with van der Waals surface area (Å²) < 4.78 is 22.0. The summed E-state index contributed by atoms with van der Waals surface area (Å²) in [6.07, 6.45) is 1.60. The Morgan fingerprint density at radius 2 is 1.67 bits per heavy atom. The van der Waals surface area contributed by atoms with E-state index in [1.54, 1.807) is 13.4 Å². The highest BCUT2D eigenvalue weighted by Gasteiger charge is 2.09. The fourth-order valence-electron chi connectivity index (χ4n) is 2.24. The highest BCUT2D eigenvalue weighted by atomic mass is 16.5. The number of oxazole rings is 1. The zero-order valence-corrected chi connectivity index (χ0v) is 13.7. The van der Waals surface area contributed by atoms with Crippen LogP contribution in [0.15, 0.2) is 59.2 Å². The van der Waals surface area contributed by atoms with Crippen molar-refractivity contribution in [1.82, 2.24) is 4.98 Å². The molecule has 0 aliphatic carbocycles. The zero-order chi connectivity index (χ0) is 16.8. The first kappa shape index (κ1) is 15.9. The highest BCUT2D eigenvalue weighted by Crippen LogP contribution is 2.27. The van der Waals surface area contributed by atoms with Gasteiger partial charge < -0.3 is 18.6 Å². The number of nitrogens with zero attached hydrogens (tertiary/aromatic N) is 1. The number of rotatable bonds is 7. The summed E-state index contributed by atoms with van der Waals surface area (Å²) in [5.41, 5.74) is 1.60. The molecule has 0 fully saturated rings. The van der Waals surface area contributed by atoms with Gasteiger partial charge >= 0.3 is 0 Å². The lowest BCUT2D eigenvalue weighted by Crippen LogP contribution is -1.99. The Morgan fingerprint density at radius 1 is 0.958 bits per heavy atom. The summed E-state index contributed by atoms with van der Waals surface area (Å²) in [4.78, 5) is 4.45. The summed E-state index contributed by atoms with van der Waals surface area (Å²) in [5.74, 6) is 2.75. The number of methoxy groups -OCH3 is 1. The fraction of sp³-hybridized carbons (Fsp3) is 0.211. The first-order valence-corrected chi connectivity index (χ1v) is 7.73. The number of benzene rings is 2. The lowest BCUT2D eigenvalue weighted by atomic mass is 10.2. The molecule has 0 saturated heterocycles. The molecule has 0 atom stereocenters. The Labute approximate surface area is 140 Å². The fourth-order valence-corrected chi connectivity index (χ4v) is 2.24. The molecule has 0 N–H and O–H groups in total. The van der Waals surface area contributed by atoms with E-state index in [4.69, 9.17) is 18.6 Å². The van der Waals surface area contributed by atoms with Gasteiger partial charge in [0.05, 0.1) is 13.7 Å². The predicted molar refractivity (Wildman–Crippen MR) is 90.4 cm³/mol. The topological polar surface area (TPSA) is 53.7 Å². The van der Waals surface area contributed by atoms with Crippen molar-refractivity contribution in [2.75, 3.05) is 13.7 Å². The lowest BCUT2D eigenvalue weighted by molar-refractivity contribution is 0.266. The molecule has 0 bridgehead atoms. The van der Waals surface area contributed by atoms with E-state index >= 15 is 0 Å². The van der Waals surface area contributed by atoms with Gasteiger partial charge in [0.2, 0.25) is 5.89 Å². The summed E-state index contributed by atoms with van der Waals surface area (Å²) in [6, 6.07) is 15.1. The lowest BCUT2D eigenvalue weighted by Gasteiger charge is -2.10. The monoisotopic (exact) mass is 325 g/mol. The Kier molecular flexibility index (Phi) is 5.01. The molecule has 0 amide bonds. The van der Waals surface area contributed by atoms with Gasteiger partial charge in [0.15, 0.2) is 11.5 Å². The molecule has 2 aromatic carbocycles. The molecule has 0 radical (unpaired) electrons. The van der Waals surface area contributed by atoms with Crippen LogP contribution < -0.4 is 14.2 Å². The van der Waals surface area contributed by atoms with Crippen LogP contribution in [0.4, 0.5) is 0 Å². The van der Waals surface area contributed by atoms with Crippen LogP contribution in [0.25, 0.3) is 11.5 Å². The molecule has 0 aliphatic rings. The van der Waals surface area contributed by atoms with Crippen molar-refractivity contribution in [2.24, 2.45) is 0 Å². The van der Waals surface area contributed by atoms with E-state index < -0.39 is 0 Å². The van der Waals surface area contributed by atoms with E-state index in [0.717, 1.165) is 17.1 Å². The van der Waals surface area contributed by atoms with E-state index in [1.165, 1.54) is 0 Å². The number of hydrogen-bond acceptors (Lipinski definition) is 5. The summed E-state index contributed by atoms with van der Waals surface area (Å²) in [7, 11) is 1.63. The number of para-hydroxylation sites is 2. The maximum atomic E-state index is 5.79. The molecule has 3 aromatic rings. The largest absolute Gasteiger partial charge is 0.497 e. The first-order chi connectivity index (χ1) is 11.8. The van der Waals surface area contributed by atoms with Gasteiger partial charge in [-0.2, -0.15) is 0 Å². The minimum atomic E-state index is 0.309. The standard InChI is InChI=1S/C19H19NO4/c1-3-22-17-6-4-5-7-18(17)23-12-15-13-24-19(20-15)14-8-10-16(21-2)11-9-14/h4-11,13H,3,12H2,1-2H3. The van der Waals surface area contributed by atoms with Crippen molar-refractivity contribution in [2.45, 2.75) is 13.5 Å². The molecular formula is C19H19NO4. The highest BCUT2D eigenvalue weighted by molar-refractivity contribution is 5.54. The molecule has 0 unspecified atom stereocenters. The summed E-state index contributed by atoms with van der Waals surface area (Å²) in [5, 5.41) is 0. The second kappa shape index (κ2) is 7.55. The Bertz CT molecular complexity index is 780. The Morgan fingerprint density at radius 3 is 2.33 bits per heavy atom. The molecular weight excluding hydrogens is 306 g/mol. The number of hydrogen-bond donors (Lipinski definition) is 0. The third kappa shape index (κ3) is 3.68. The van der Waals surface area contributed by atoms with Crippen LogP contribution in [0.5, 0.6) is 17.2 Å². The van der Waals surface area contributed by atoms with Crippen molar-refractivity contribution in [1.29, 1.82) is 0 Å². The predicted octanol–water partition coefficient (Wildman–Crippen LogP) is 4.33. The average molecular weight is 325 g/mol. The smallest absolute Gasteiger partial charge is 0.226 e. The van der Waals surface area contributed by atoms with Crippen LogP contribution in [0.3, 0.4) is 0 Å². The van der Waals surface area contributed by atoms with Crippen LogP contribution in [-0.2, 0) is 6.61 Å². The van der Waals surface area contributed by atoms with Gasteiger partial charge in [0, 0.05) is 5.56 Å². The van der Waals surface area contributed by atoms with Crippen LogP contribution in [0.1, 0.15) is 12.6 Å². The second-order valence-corrected chi connectivity index (χ2v) is 5.04. The molecule has 3 rings (SSSR count).